The Hall–Kier alpha value is -0.570. The molecule has 0 aliphatic rings. The van der Waals surface area contributed by atoms with Crippen molar-refractivity contribution in [1.29, 1.82) is 0 Å². The lowest BCUT2D eigenvalue weighted by atomic mass is 10.1. The SMILES string of the molecule is CCCCCCCCC(=O)NCC[N+](C)(C)C. The number of amides is 1. The molecule has 102 valence electrons. The van der Waals surface area contributed by atoms with Crippen LogP contribution in [-0.2, 0) is 4.79 Å². The second-order valence-electron chi connectivity index (χ2n) is 5.88. The maximum atomic E-state index is 11.5. The normalized spacial score (nSPS) is 11.5. The van der Waals surface area contributed by atoms with Crippen molar-refractivity contribution >= 4 is 5.91 Å². The molecule has 0 aliphatic carbocycles. The van der Waals surface area contributed by atoms with Crippen LogP contribution in [0.15, 0.2) is 0 Å². The number of nitrogens with one attached hydrogen (secondary N) is 1. The molecule has 0 unspecified atom stereocenters. The van der Waals surface area contributed by atoms with E-state index in [0.29, 0.717) is 6.42 Å². The average Bonchev–Trinajstić information content (AvgIpc) is 2.21. The van der Waals surface area contributed by atoms with Gasteiger partial charge in [0, 0.05) is 6.42 Å². The number of likely N-dealkylation sites (N-methyl/N-ethyl adjacent to an activating group) is 1. The van der Waals surface area contributed by atoms with Gasteiger partial charge in [-0.2, -0.15) is 0 Å². The molecule has 3 heteroatoms. The summed E-state index contributed by atoms with van der Waals surface area (Å²) in [5.41, 5.74) is 0. The van der Waals surface area contributed by atoms with E-state index in [1.165, 1.54) is 32.1 Å². The van der Waals surface area contributed by atoms with Crippen LogP contribution in [-0.4, -0.2) is 44.6 Å². The molecule has 0 bridgehead atoms. The second-order valence-corrected chi connectivity index (χ2v) is 5.88. The molecular formula is C14H31N2O+. The maximum absolute atomic E-state index is 11.5. The number of carbonyl (C=O) groups is 1. The number of unbranched alkanes of at least 4 members (excludes halogenated alkanes) is 5. The lowest BCUT2D eigenvalue weighted by Crippen LogP contribution is -2.41. The molecule has 3 nitrogen and oxygen atoms in total. The number of rotatable bonds is 10. The topological polar surface area (TPSA) is 29.1 Å². The first-order chi connectivity index (χ1) is 7.95. The second kappa shape index (κ2) is 9.46. The first kappa shape index (κ1) is 16.4. The highest BCUT2D eigenvalue weighted by molar-refractivity contribution is 5.75. The molecule has 0 aromatic rings. The van der Waals surface area contributed by atoms with Crippen LogP contribution in [0.25, 0.3) is 0 Å². The van der Waals surface area contributed by atoms with Gasteiger partial charge in [-0.15, -0.1) is 0 Å². The van der Waals surface area contributed by atoms with Gasteiger partial charge >= 0.3 is 0 Å². The summed E-state index contributed by atoms with van der Waals surface area (Å²) in [7, 11) is 6.42. The van der Waals surface area contributed by atoms with E-state index < -0.39 is 0 Å². The molecule has 0 spiro atoms. The van der Waals surface area contributed by atoms with E-state index in [2.05, 4.69) is 33.4 Å². The summed E-state index contributed by atoms with van der Waals surface area (Å²) in [4.78, 5) is 11.5. The molecule has 0 rings (SSSR count). The molecule has 0 saturated carbocycles. The van der Waals surface area contributed by atoms with Crippen molar-refractivity contribution in [3.8, 4) is 0 Å². The molecule has 0 aliphatic heterocycles. The van der Waals surface area contributed by atoms with Crippen LogP contribution in [0.2, 0.25) is 0 Å². The van der Waals surface area contributed by atoms with E-state index in [9.17, 15) is 4.79 Å². The summed E-state index contributed by atoms with van der Waals surface area (Å²) >= 11 is 0. The monoisotopic (exact) mass is 243 g/mol. The standard InChI is InChI=1S/C14H30N2O/c1-5-6-7-8-9-10-11-14(17)15-12-13-16(2,3)4/h5-13H2,1-4H3/p+1. The smallest absolute Gasteiger partial charge is 0.220 e. The van der Waals surface area contributed by atoms with Gasteiger partial charge in [-0.3, -0.25) is 4.79 Å². The molecular weight excluding hydrogens is 212 g/mol. The van der Waals surface area contributed by atoms with Crippen molar-refractivity contribution < 1.29 is 9.28 Å². The molecule has 0 aromatic heterocycles. The Bertz CT molecular complexity index is 197. The van der Waals surface area contributed by atoms with Gasteiger partial charge in [0.15, 0.2) is 0 Å². The van der Waals surface area contributed by atoms with Crippen LogP contribution >= 0.6 is 0 Å². The summed E-state index contributed by atoms with van der Waals surface area (Å²) in [5, 5.41) is 2.99. The number of hydrogen-bond acceptors (Lipinski definition) is 1. The van der Waals surface area contributed by atoms with Crippen LogP contribution in [0.4, 0.5) is 0 Å². The molecule has 0 aromatic carbocycles. The molecule has 0 saturated heterocycles. The zero-order valence-corrected chi connectivity index (χ0v) is 12.2. The number of nitrogens with zero attached hydrogens (tertiary/aromatic N) is 1. The van der Waals surface area contributed by atoms with Crippen molar-refractivity contribution in [2.24, 2.45) is 0 Å². The molecule has 1 amide bonds. The van der Waals surface area contributed by atoms with Crippen molar-refractivity contribution in [3.63, 3.8) is 0 Å². The van der Waals surface area contributed by atoms with E-state index in [0.717, 1.165) is 24.0 Å². The fourth-order valence-corrected chi connectivity index (χ4v) is 1.69. The third kappa shape index (κ3) is 13.4. The highest BCUT2D eigenvalue weighted by atomic mass is 16.1. The van der Waals surface area contributed by atoms with E-state index in [4.69, 9.17) is 0 Å². The zero-order chi connectivity index (χ0) is 13.1. The predicted octanol–water partition coefficient (Wildman–Crippen LogP) is 2.56. The fourth-order valence-electron chi connectivity index (χ4n) is 1.69. The van der Waals surface area contributed by atoms with Gasteiger partial charge in [-0.05, 0) is 6.42 Å². The van der Waals surface area contributed by atoms with Crippen molar-refractivity contribution in [2.75, 3.05) is 34.2 Å². The van der Waals surface area contributed by atoms with Crippen LogP contribution in [0.3, 0.4) is 0 Å². The van der Waals surface area contributed by atoms with Crippen molar-refractivity contribution in [1.82, 2.24) is 5.32 Å². The molecule has 0 fully saturated rings. The van der Waals surface area contributed by atoms with Gasteiger partial charge in [-0.25, -0.2) is 0 Å². The number of quaternary nitrogens is 1. The zero-order valence-electron chi connectivity index (χ0n) is 12.2. The summed E-state index contributed by atoms with van der Waals surface area (Å²) in [6.45, 7) is 4.00. The summed E-state index contributed by atoms with van der Waals surface area (Å²) in [6, 6.07) is 0. The first-order valence-corrected chi connectivity index (χ1v) is 7.03. The third-order valence-corrected chi connectivity index (χ3v) is 2.86. The molecule has 0 radical (unpaired) electrons. The quantitative estimate of drug-likeness (QED) is 0.464. The molecule has 17 heavy (non-hydrogen) atoms. The van der Waals surface area contributed by atoms with E-state index >= 15 is 0 Å². The average molecular weight is 243 g/mol. The van der Waals surface area contributed by atoms with Gasteiger partial charge in [0.2, 0.25) is 5.91 Å². The summed E-state index contributed by atoms with van der Waals surface area (Å²) in [6.07, 6.45) is 8.15. The predicted molar refractivity (Wildman–Crippen MR) is 73.9 cm³/mol. The van der Waals surface area contributed by atoms with Gasteiger partial charge in [-0.1, -0.05) is 39.0 Å². The van der Waals surface area contributed by atoms with Gasteiger partial charge in [0.05, 0.1) is 34.2 Å². The van der Waals surface area contributed by atoms with Crippen molar-refractivity contribution in [2.45, 2.75) is 51.9 Å². The highest BCUT2D eigenvalue weighted by Crippen LogP contribution is 2.06. The van der Waals surface area contributed by atoms with Crippen molar-refractivity contribution in [3.05, 3.63) is 0 Å². The minimum absolute atomic E-state index is 0.217. The Kier molecular flexibility index (Phi) is 9.14. The third-order valence-electron chi connectivity index (χ3n) is 2.86. The molecule has 0 atom stereocenters. The minimum atomic E-state index is 0.217. The van der Waals surface area contributed by atoms with Crippen LogP contribution < -0.4 is 5.32 Å². The summed E-state index contributed by atoms with van der Waals surface area (Å²) in [5.74, 6) is 0.217. The van der Waals surface area contributed by atoms with Gasteiger partial charge in [0.25, 0.3) is 0 Å². The van der Waals surface area contributed by atoms with Crippen LogP contribution in [0.1, 0.15) is 51.9 Å². The molecule has 1 N–H and O–H groups in total. The van der Waals surface area contributed by atoms with Crippen LogP contribution in [0, 0.1) is 0 Å². The Morgan fingerprint density at radius 1 is 1.00 bits per heavy atom. The van der Waals surface area contributed by atoms with Crippen LogP contribution in [0.5, 0.6) is 0 Å². The fraction of sp³-hybridized carbons (Fsp3) is 0.929. The lowest BCUT2D eigenvalue weighted by Gasteiger charge is -2.23. The highest BCUT2D eigenvalue weighted by Gasteiger charge is 2.07. The number of carbonyl (C=O) groups excluding carboxylic acids is 1. The van der Waals surface area contributed by atoms with E-state index in [1.807, 2.05) is 0 Å². The number of hydrogen-bond donors (Lipinski definition) is 1. The van der Waals surface area contributed by atoms with E-state index in [-0.39, 0.29) is 5.91 Å². The van der Waals surface area contributed by atoms with Gasteiger partial charge < -0.3 is 9.80 Å². The Morgan fingerprint density at radius 2 is 1.59 bits per heavy atom. The molecule has 0 heterocycles. The first-order valence-electron chi connectivity index (χ1n) is 7.03. The van der Waals surface area contributed by atoms with Gasteiger partial charge in [0.1, 0.15) is 0 Å². The minimum Gasteiger partial charge on any atom is -0.350 e. The lowest BCUT2D eigenvalue weighted by molar-refractivity contribution is -0.869. The Balaban J connectivity index is 3.29. The Labute approximate surface area is 107 Å². The Morgan fingerprint density at radius 3 is 2.18 bits per heavy atom. The maximum Gasteiger partial charge on any atom is 0.220 e. The van der Waals surface area contributed by atoms with E-state index in [1.54, 1.807) is 0 Å². The largest absolute Gasteiger partial charge is 0.350 e. The summed E-state index contributed by atoms with van der Waals surface area (Å²) < 4.78 is 0.900.